The van der Waals surface area contributed by atoms with E-state index in [-0.39, 0.29) is 5.91 Å². The molecule has 1 aromatic rings. The number of amides is 1. The summed E-state index contributed by atoms with van der Waals surface area (Å²) in [6, 6.07) is 7.54. The third-order valence-electron chi connectivity index (χ3n) is 3.66. The fourth-order valence-electron chi connectivity index (χ4n) is 2.57. The van der Waals surface area contributed by atoms with E-state index < -0.39 is 0 Å². The summed E-state index contributed by atoms with van der Waals surface area (Å²) in [6.45, 7) is 1.82. The Balaban J connectivity index is 1.90. The number of carbonyl (C=O) groups is 1. The molecule has 1 heterocycles. The van der Waals surface area contributed by atoms with Gasteiger partial charge in [-0.3, -0.25) is 4.79 Å². The summed E-state index contributed by atoms with van der Waals surface area (Å²) in [4.78, 5) is 14.3. The Kier molecular flexibility index (Phi) is 5.71. The molecule has 2 rings (SSSR count). The smallest absolute Gasteiger partial charge is 0.226 e. The van der Waals surface area contributed by atoms with Gasteiger partial charge in [0.2, 0.25) is 5.91 Å². The monoisotopic (exact) mass is 343 g/mol. The average Bonchev–Trinajstić information content (AvgIpc) is 2.42. The first-order valence-electron chi connectivity index (χ1n) is 6.77. The number of hydrogen-bond donors (Lipinski definition) is 0. The third kappa shape index (κ3) is 4.50. The van der Waals surface area contributed by atoms with Gasteiger partial charge in [-0.25, -0.2) is 0 Å². The van der Waals surface area contributed by atoms with E-state index in [9.17, 15) is 4.79 Å². The van der Waals surface area contributed by atoms with E-state index in [0.717, 1.165) is 36.8 Å². The van der Waals surface area contributed by atoms with Crippen molar-refractivity contribution in [1.29, 1.82) is 0 Å². The van der Waals surface area contributed by atoms with Crippen LogP contribution in [-0.4, -0.2) is 29.2 Å². The van der Waals surface area contributed by atoms with Crippen molar-refractivity contribution in [3.8, 4) is 0 Å². The van der Waals surface area contributed by atoms with Crippen LogP contribution in [0.15, 0.2) is 24.3 Å². The Morgan fingerprint density at radius 3 is 2.79 bits per heavy atom. The van der Waals surface area contributed by atoms with E-state index in [0.29, 0.717) is 17.4 Å². The molecule has 19 heavy (non-hydrogen) atoms. The zero-order chi connectivity index (χ0) is 13.7. The molecule has 1 unspecified atom stereocenters. The summed E-state index contributed by atoms with van der Waals surface area (Å²) in [6.07, 6.45) is 4.02. The summed E-state index contributed by atoms with van der Waals surface area (Å²) in [5.41, 5.74) is 1.04. The quantitative estimate of drug-likeness (QED) is 0.758. The number of halogens is 2. The number of alkyl halides is 1. The van der Waals surface area contributed by atoms with Gasteiger partial charge in [-0.2, -0.15) is 0 Å². The van der Waals surface area contributed by atoms with Crippen molar-refractivity contribution in [3.05, 3.63) is 34.9 Å². The minimum absolute atomic E-state index is 0.238. The normalized spacial score (nSPS) is 19.5. The molecule has 0 aromatic heterocycles. The lowest BCUT2D eigenvalue weighted by Crippen LogP contribution is -2.40. The van der Waals surface area contributed by atoms with Crippen molar-refractivity contribution in [1.82, 2.24) is 4.90 Å². The molecular weight excluding hydrogens is 326 g/mol. The minimum atomic E-state index is 0.238. The standard InChI is InChI=1S/C15H19BrClNO/c16-8-7-13-2-1-9-18(11-13)15(19)10-12-3-5-14(17)6-4-12/h3-6,13H,1-2,7-11H2. The van der Waals surface area contributed by atoms with Crippen LogP contribution in [0.5, 0.6) is 0 Å². The van der Waals surface area contributed by atoms with Gasteiger partial charge in [-0.1, -0.05) is 39.7 Å². The topological polar surface area (TPSA) is 20.3 Å². The van der Waals surface area contributed by atoms with Gasteiger partial charge in [0.1, 0.15) is 0 Å². The van der Waals surface area contributed by atoms with Crippen LogP contribution in [0.1, 0.15) is 24.8 Å². The van der Waals surface area contributed by atoms with E-state index in [1.165, 1.54) is 6.42 Å². The van der Waals surface area contributed by atoms with Crippen molar-refractivity contribution in [3.63, 3.8) is 0 Å². The van der Waals surface area contributed by atoms with E-state index >= 15 is 0 Å². The second-order valence-electron chi connectivity index (χ2n) is 5.13. The van der Waals surface area contributed by atoms with Crippen molar-refractivity contribution < 1.29 is 4.79 Å². The summed E-state index contributed by atoms with van der Waals surface area (Å²) in [7, 11) is 0. The fourth-order valence-corrected chi connectivity index (χ4v) is 3.34. The van der Waals surface area contributed by atoms with Gasteiger partial charge < -0.3 is 4.90 Å². The second-order valence-corrected chi connectivity index (χ2v) is 6.36. The Morgan fingerprint density at radius 1 is 1.37 bits per heavy atom. The zero-order valence-electron chi connectivity index (χ0n) is 10.9. The van der Waals surface area contributed by atoms with Gasteiger partial charge >= 0.3 is 0 Å². The minimum Gasteiger partial charge on any atom is -0.342 e. The summed E-state index contributed by atoms with van der Waals surface area (Å²) in [5.74, 6) is 0.892. The lowest BCUT2D eigenvalue weighted by Gasteiger charge is -2.32. The van der Waals surface area contributed by atoms with E-state index in [1.54, 1.807) is 0 Å². The SMILES string of the molecule is O=C(Cc1ccc(Cl)cc1)N1CCCC(CCBr)C1. The largest absolute Gasteiger partial charge is 0.342 e. The first-order valence-corrected chi connectivity index (χ1v) is 8.27. The fraction of sp³-hybridized carbons (Fsp3) is 0.533. The first kappa shape index (κ1) is 14.9. The van der Waals surface area contributed by atoms with Gasteiger partial charge in [0.05, 0.1) is 6.42 Å². The molecule has 0 N–H and O–H groups in total. The predicted octanol–water partition coefficient (Wildman–Crippen LogP) is 3.91. The first-order chi connectivity index (χ1) is 9.19. The number of benzene rings is 1. The zero-order valence-corrected chi connectivity index (χ0v) is 13.3. The van der Waals surface area contributed by atoms with Crippen LogP contribution >= 0.6 is 27.5 Å². The van der Waals surface area contributed by atoms with Crippen LogP contribution in [0.25, 0.3) is 0 Å². The van der Waals surface area contributed by atoms with Crippen molar-refractivity contribution in [2.75, 3.05) is 18.4 Å². The second kappa shape index (κ2) is 7.30. The molecule has 104 valence electrons. The molecule has 2 nitrogen and oxygen atoms in total. The Labute approximate surface area is 128 Å². The number of likely N-dealkylation sites (tertiary alicyclic amines) is 1. The van der Waals surface area contributed by atoms with Crippen LogP contribution in [0.2, 0.25) is 5.02 Å². The van der Waals surface area contributed by atoms with Gasteiger partial charge in [0, 0.05) is 23.4 Å². The summed E-state index contributed by atoms with van der Waals surface area (Å²) in [5, 5.41) is 1.74. The van der Waals surface area contributed by atoms with E-state index in [4.69, 9.17) is 11.6 Å². The maximum atomic E-state index is 12.3. The molecule has 0 spiro atoms. The van der Waals surface area contributed by atoms with Crippen molar-refractivity contribution >= 4 is 33.4 Å². The number of carbonyl (C=O) groups excluding carboxylic acids is 1. The molecule has 1 aromatic carbocycles. The molecule has 0 aliphatic carbocycles. The molecule has 1 aliphatic rings. The number of nitrogens with zero attached hydrogens (tertiary/aromatic N) is 1. The molecule has 1 fully saturated rings. The van der Waals surface area contributed by atoms with Crippen LogP contribution in [0.4, 0.5) is 0 Å². The van der Waals surface area contributed by atoms with Gasteiger partial charge in [0.25, 0.3) is 0 Å². The van der Waals surface area contributed by atoms with E-state index in [1.807, 2.05) is 29.2 Å². The number of rotatable bonds is 4. The molecular formula is C15H19BrClNO. The van der Waals surface area contributed by atoms with Crippen LogP contribution in [0.3, 0.4) is 0 Å². The molecule has 1 saturated heterocycles. The van der Waals surface area contributed by atoms with Crippen LogP contribution in [0, 0.1) is 5.92 Å². The molecule has 0 bridgehead atoms. The highest BCUT2D eigenvalue weighted by atomic mass is 79.9. The Bertz CT molecular complexity index is 419. The maximum Gasteiger partial charge on any atom is 0.226 e. The summed E-state index contributed by atoms with van der Waals surface area (Å²) >= 11 is 9.34. The van der Waals surface area contributed by atoms with Crippen molar-refractivity contribution in [2.24, 2.45) is 5.92 Å². The molecule has 1 amide bonds. The van der Waals surface area contributed by atoms with Gasteiger partial charge in [0.15, 0.2) is 0 Å². The maximum absolute atomic E-state index is 12.3. The highest BCUT2D eigenvalue weighted by molar-refractivity contribution is 9.09. The molecule has 1 aliphatic heterocycles. The molecule has 4 heteroatoms. The van der Waals surface area contributed by atoms with Gasteiger partial charge in [-0.15, -0.1) is 0 Å². The van der Waals surface area contributed by atoms with Crippen LogP contribution in [-0.2, 0) is 11.2 Å². The highest BCUT2D eigenvalue weighted by Gasteiger charge is 2.23. The third-order valence-corrected chi connectivity index (χ3v) is 4.37. The number of hydrogen-bond acceptors (Lipinski definition) is 1. The predicted molar refractivity (Wildman–Crippen MR) is 82.9 cm³/mol. The van der Waals surface area contributed by atoms with Gasteiger partial charge in [-0.05, 0) is 42.9 Å². The molecule has 1 atom stereocenters. The Morgan fingerprint density at radius 2 is 2.11 bits per heavy atom. The lowest BCUT2D eigenvalue weighted by atomic mass is 9.95. The molecule has 0 saturated carbocycles. The highest BCUT2D eigenvalue weighted by Crippen LogP contribution is 2.21. The molecule has 0 radical (unpaired) electrons. The Hall–Kier alpha value is -0.540. The van der Waals surface area contributed by atoms with Crippen molar-refractivity contribution in [2.45, 2.75) is 25.7 Å². The average molecular weight is 345 g/mol. The van der Waals surface area contributed by atoms with E-state index in [2.05, 4.69) is 15.9 Å². The number of piperidine rings is 1. The summed E-state index contributed by atoms with van der Waals surface area (Å²) < 4.78 is 0. The lowest BCUT2D eigenvalue weighted by molar-refractivity contribution is -0.132. The van der Waals surface area contributed by atoms with Crippen LogP contribution < -0.4 is 0 Å².